The maximum atomic E-state index is 12.4. The Morgan fingerprint density at radius 2 is 1.57 bits per heavy atom. The van der Waals surface area contributed by atoms with Crippen molar-refractivity contribution in [2.75, 3.05) is 0 Å². The molecule has 0 bridgehead atoms. The molecule has 2 aromatic rings. The zero-order valence-corrected chi connectivity index (χ0v) is 11.0. The molecule has 0 aromatic heterocycles. The van der Waals surface area contributed by atoms with Gasteiger partial charge in [0.05, 0.1) is 12.1 Å². The van der Waals surface area contributed by atoms with Gasteiger partial charge >= 0.3 is 6.18 Å². The van der Waals surface area contributed by atoms with Crippen LogP contribution in [0.1, 0.15) is 21.5 Å². The van der Waals surface area contributed by atoms with Gasteiger partial charge in [-0.25, -0.2) is 5.84 Å². The number of amides is 1. The zero-order chi connectivity index (χ0) is 15.5. The number of carbonyl (C=O) groups is 1. The third-order valence-electron chi connectivity index (χ3n) is 2.92. The number of nitrogens with zero attached hydrogens (tertiary/aromatic N) is 1. The highest BCUT2D eigenvalue weighted by Crippen LogP contribution is 2.29. The molecule has 0 heterocycles. The number of hydrogen-bond donors (Lipinski definition) is 1. The lowest BCUT2D eigenvalue weighted by Crippen LogP contribution is -2.36. The van der Waals surface area contributed by atoms with E-state index in [1.807, 2.05) is 0 Å². The first-order chi connectivity index (χ1) is 9.88. The Bertz CT molecular complexity index is 609. The summed E-state index contributed by atoms with van der Waals surface area (Å²) in [4.78, 5) is 12.0. The molecule has 0 aliphatic carbocycles. The Kier molecular flexibility index (Phi) is 4.28. The van der Waals surface area contributed by atoms with Crippen LogP contribution in [0.3, 0.4) is 0 Å². The fourth-order valence-electron chi connectivity index (χ4n) is 1.81. The predicted molar refractivity (Wildman–Crippen MR) is 71.9 cm³/mol. The van der Waals surface area contributed by atoms with E-state index in [0.29, 0.717) is 11.1 Å². The molecule has 0 saturated carbocycles. The standard InChI is InChI=1S/C15H13F3N2O/c16-15(17,18)13-8-6-11(7-9-13)10-20(19)14(21)12-4-2-1-3-5-12/h1-9H,10,19H2. The normalized spacial score (nSPS) is 11.2. The number of rotatable bonds is 3. The third-order valence-corrected chi connectivity index (χ3v) is 2.92. The maximum absolute atomic E-state index is 12.4. The smallest absolute Gasteiger partial charge is 0.272 e. The SMILES string of the molecule is NN(Cc1ccc(C(F)(F)F)cc1)C(=O)c1ccccc1. The van der Waals surface area contributed by atoms with Crippen LogP contribution in [0.15, 0.2) is 54.6 Å². The summed E-state index contributed by atoms with van der Waals surface area (Å²) in [5.74, 6) is 5.27. The molecule has 0 radical (unpaired) electrons. The van der Waals surface area contributed by atoms with Gasteiger partial charge in [0.1, 0.15) is 0 Å². The van der Waals surface area contributed by atoms with Crippen molar-refractivity contribution in [1.29, 1.82) is 0 Å². The molecule has 6 heteroatoms. The van der Waals surface area contributed by atoms with Crippen LogP contribution >= 0.6 is 0 Å². The Morgan fingerprint density at radius 3 is 2.10 bits per heavy atom. The second-order valence-corrected chi connectivity index (χ2v) is 4.49. The van der Waals surface area contributed by atoms with E-state index >= 15 is 0 Å². The van der Waals surface area contributed by atoms with Crippen molar-refractivity contribution >= 4 is 5.91 Å². The predicted octanol–water partition coefficient (Wildman–Crippen LogP) is 3.22. The number of benzene rings is 2. The lowest BCUT2D eigenvalue weighted by Gasteiger charge is -2.17. The molecule has 1 amide bonds. The van der Waals surface area contributed by atoms with Gasteiger partial charge in [-0.2, -0.15) is 13.2 Å². The summed E-state index contributed by atoms with van der Waals surface area (Å²) in [5.41, 5.74) is 0.214. The van der Waals surface area contributed by atoms with Crippen LogP contribution in [0, 0.1) is 0 Å². The summed E-state index contributed by atoms with van der Waals surface area (Å²) in [7, 11) is 0. The Balaban J connectivity index is 2.06. The highest BCUT2D eigenvalue weighted by Gasteiger charge is 2.30. The monoisotopic (exact) mass is 294 g/mol. The average Bonchev–Trinajstić information content (AvgIpc) is 2.47. The van der Waals surface area contributed by atoms with E-state index in [1.54, 1.807) is 30.3 Å². The van der Waals surface area contributed by atoms with Crippen LogP contribution in [0.2, 0.25) is 0 Å². The molecular weight excluding hydrogens is 281 g/mol. The van der Waals surface area contributed by atoms with E-state index in [-0.39, 0.29) is 6.54 Å². The van der Waals surface area contributed by atoms with E-state index in [9.17, 15) is 18.0 Å². The summed E-state index contributed by atoms with van der Waals surface area (Å²) in [6.07, 6.45) is -4.37. The van der Waals surface area contributed by atoms with Gasteiger partial charge in [-0.05, 0) is 29.8 Å². The molecule has 0 aliphatic rings. The first-order valence-electron chi connectivity index (χ1n) is 6.15. The molecule has 0 fully saturated rings. The molecule has 2 N–H and O–H groups in total. The van der Waals surface area contributed by atoms with Crippen LogP contribution < -0.4 is 5.84 Å². The van der Waals surface area contributed by atoms with Crippen molar-refractivity contribution in [3.8, 4) is 0 Å². The molecule has 110 valence electrons. The van der Waals surface area contributed by atoms with Crippen molar-refractivity contribution in [2.24, 2.45) is 5.84 Å². The zero-order valence-electron chi connectivity index (χ0n) is 11.0. The van der Waals surface area contributed by atoms with Gasteiger partial charge in [0.2, 0.25) is 0 Å². The highest BCUT2D eigenvalue weighted by atomic mass is 19.4. The molecule has 0 saturated heterocycles. The summed E-state index contributed by atoms with van der Waals surface area (Å²) < 4.78 is 37.3. The Labute approximate surface area is 119 Å². The minimum atomic E-state index is -4.37. The quantitative estimate of drug-likeness (QED) is 0.537. The second kappa shape index (κ2) is 5.97. The Hall–Kier alpha value is -2.34. The van der Waals surface area contributed by atoms with Crippen molar-refractivity contribution in [1.82, 2.24) is 5.01 Å². The van der Waals surface area contributed by atoms with Crippen molar-refractivity contribution in [3.63, 3.8) is 0 Å². The van der Waals surface area contributed by atoms with Crippen LogP contribution in [-0.2, 0) is 12.7 Å². The highest BCUT2D eigenvalue weighted by molar-refractivity contribution is 5.93. The second-order valence-electron chi connectivity index (χ2n) is 4.49. The molecule has 2 rings (SSSR count). The number of nitrogens with two attached hydrogens (primary N) is 1. The minimum absolute atomic E-state index is 0.0336. The van der Waals surface area contributed by atoms with Gasteiger partial charge in [0.25, 0.3) is 5.91 Å². The van der Waals surface area contributed by atoms with Gasteiger partial charge in [0, 0.05) is 5.56 Å². The molecule has 0 atom stereocenters. The summed E-state index contributed by atoms with van der Waals surface area (Å²) in [6, 6.07) is 13.0. The lowest BCUT2D eigenvalue weighted by atomic mass is 10.1. The topological polar surface area (TPSA) is 46.3 Å². The van der Waals surface area contributed by atoms with E-state index in [2.05, 4.69) is 0 Å². The van der Waals surface area contributed by atoms with Crippen LogP contribution in [0.25, 0.3) is 0 Å². The first kappa shape index (κ1) is 15.1. The number of halogens is 3. The van der Waals surface area contributed by atoms with Crippen molar-refractivity contribution in [2.45, 2.75) is 12.7 Å². The lowest BCUT2D eigenvalue weighted by molar-refractivity contribution is -0.137. The first-order valence-corrected chi connectivity index (χ1v) is 6.15. The summed E-state index contributed by atoms with van der Waals surface area (Å²) >= 11 is 0. The molecule has 0 aliphatic heterocycles. The fourth-order valence-corrected chi connectivity index (χ4v) is 1.81. The number of hydrogen-bond acceptors (Lipinski definition) is 2. The van der Waals surface area contributed by atoms with Crippen LogP contribution in [-0.4, -0.2) is 10.9 Å². The molecular formula is C15H13F3N2O. The van der Waals surface area contributed by atoms with Gasteiger partial charge in [-0.3, -0.25) is 9.80 Å². The van der Waals surface area contributed by atoms with Gasteiger partial charge < -0.3 is 0 Å². The van der Waals surface area contributed by atoms with Gasteiger partial charge in [-0.15, -0.1) is 0 Å². The number of hydrazine groups is 1. The Morgan fingerprint density at radius 1 is 1.00 bits per heavy atom. The molecule has 2 aromatic carbocycles. The van der Waals surface area contributed by atoms with E-state index in [0.717, 1.165) is 17.1 Å². The molecule has 0 unspecified atom stereocenters. The molecule has 0 spiro atoms. The third kappa shape index (κ3) is 3.82. The largest absolute Gasteiger partial charge is 0.416 e. The van der Waals surface area contributed by atoms with E-state index in [4.69, 9.17) is 5.84 Å². The van der Waals surface area contributed by atoms with E-state index < -0.39 is 17.6 Å². The van der Waals surface area contributed by atoms with Crippen LogP contribution in [0.5, 0.6) is 0 Å². The number of alkyl halides is 3. The van der Waals surface area contributed by atoms with E-state index in [1.165, 1.54) is 12.1 Å². The van der Waals surface area contributed by atoms with Crippen LogP contribution in [0.4, 0.5) is 13.2 Å². The average molecular weight is 294 g/mol. The maximum Gasteiger partial charge on any atom is 0.416 e. The van der Waals surface area contributed by atoms with Crippen molar-refractivity contribution < 1.29 is 18.0 Å². The fraction of sp³-hybridized carbons (Fsp3) is 0.133. The summed E-state index contributed by atoms with van der Waals surface area (Å²) in [6.45, 7) is 0.0336. The van der Waals surface area contributed by atoms with Gasteiger partial charge in [-0.1, -0.05) is 30.3 Å². The summed E-state index contributed by atoms with van der Waals surface area (Å²) in [5, 5.41) is 0.970. The molecule has 21 heavy (non-hydrogen) atoms. The minimum Gasteiger partial charge on any atom is -0.272 e. The van der Waals surface area contributed by atoms with Crippen molar-refractivity contribution in [3.05, 3.63) is 71.3 Å². The van der Waals surface area contributed by atoms with Gasteiger partial charge in [0.15, 0.2) is 0 Å². The molecule has 3 nitrogen and oxygen atoms in total. The number of carbonyl (C=O) groups excluding carboxylic acids is 1.